The Labute approximate surface area is 143 Å². The zero-order valence-corrected chi connectivity index (χ0v) is 14.1. The second-order valence-corrected chi connectivity index (χ2v) is 6.85. The summed E-state index contributed by atoms with van der Waals surface area (Å²) in [4.78, 5) is 22.0. The smallest absolute Gasteiger partial charge is 0.234 e. The highest BCUT2D eigenvalue weighted by Gasteiger charge is 2.34. The minimum Gasteiger partial charge on any atom is -0.310 e. The van der Waals surface area contributed by atoms with E-state index in [2.05, 4.69) is 28.1 Å². The number of carbonyl (C=O) groups excluding carboxylic acids is 1. The Kier molecular flexibility index (Phi) is 4.07. The van der Waals surface area contributed by atoms with Gasteiger partial charge >= 0.3 is 0 Å². The van der Waals surface area contributed by atoms with Gasteiger partial charge in [0.2, 0.25) is 5.91 Å². The molecule has 0 spiro atoms. The molecule has 0 bridgehead atoms. The number of nitrogens with zero attached hydrogens (tertiary/aromatic N) is 3. The van der Waals surface area contributed by atoms with Crippen LogP contribution in [0.25, 0.3) is 0 Å². The van der Waals surface area contributed by atoms with Gasteiger partial charge in [-0.25, -0.2) is 0 Å². The van der Waals surface area contributed by atoms with Crippen molar-refractivity contribution in [2.75, 3.05) is 18.0 Å². The molecule has 0 aliphatic carbocycles. The van der Waals surface area contributed by atoms with Gasteiger partial charge in [0.25, 0.3) is 0 Å². The maximum Gasteiger partial charge on any atom is 0.234 e. The number of para-hydroxylation sites is 1. The zero-order chi connectivity index (χ0) is 16.5. The molecule has 24 heavy (non-hydrogen) atoms. The van der Waals surface area contributed by atoms with Gasteiger partial charge < -0.3 is 4.90 Å². The number of amides is 1. The Morgan fingerprint density at radius 1 is 1.25 bits per heavy atom. The Morgan fingerprint density at radius 3 is 2.96 bits per heavy atom. The van der Waals surface area contributed by atoms with E-state index in [1.807, 2.05) is 30.0 Å². The van der Waals surface area contributed by atoms with Crippen LogP contribution in [0.2, 0.25) is 0 Å². The number of fused-ring (bicyclic) bond motifs is 2. The van der Waals surface area contributed by atoms with Crippen LogP contribution in [0.5, 0.6) is 0 Å². The van der Waals surface area contributed by atoms with E-state index in [4.69, 9.17) is 0 Å². The van der Waals surface area contributed by atoms with Crippen LogP contribution in [0.4, 0.5) is 5.69 Å². The average molecular weight is 321 g/mol. The van der Waals surface area contributed by atoms with E-state index < -0.39 is 0 Å². The van der Waals surface area contributed by atoms with E-state index >= 15 is 0 Å². The second-order valence-electron chi connectivity index (χ2n) is 6.85. The molecule has 4 rings (SSSR count). The fourth-order valence-electron chi connectivity index (χ4n) is 3.96. The molecule has 2 aliphatic rings. The monoisotopic (exact) mass is 321 g/mol. The number of anilines is 1. The lowest BCUT2D eigenvalue weighted by atomic mass is 10.0. The maximum absolute atomic E-state index is 13.3. The van der Waals surface area contributed by atoms with Gasteiger partial charge in [0.15, 0.2) is 0 Å². The first-order chi connectivity index (χ1) is 11.7. The van der Waals surface area contributed by atoms with Crippen molar-refractivity contribution in [2.45, 2.75) is 38.3 Å². The molecule has 0 saturated carbocycles. The van der Waals surface area contributed by atoms with E-state index in [9.17, 15) is 4.79 Å². The minimum atomic E-state index is -0.181. The summed E-state index contributed by atoms with van der Waals surface area (Å²) in [5.41, 5.74) is 3.31. The molecule has 3 heterocycles. The third-order valence-corrected chi connectivity index (χ3v) is 5.37. The van der Waals surface area contributed by atoms with Crippen LogP contribution in [0.3, 0.4) is 0 Å². The summed E-state index contributed by atoms with van der Waals surface area (Å²) < 4.78 is 0. The topological polar surface area (TPSA) is 36.4 Å². The number of benzene rings is 1. The Balaban J connectivity index is 1.69. The largest absolute Gasteiger partial charge is 0.310 e. The Hall–Kier alpha value is -2.20. The summed E-state index contributed by atoms with van der Waals surface area (Å²) in [5.74, 6) is -0.0103. The fourth-order valence-corrected chi connectivity index (χ4v) is 3.96. The molecule has 0 N–H and O–H groups in total. The van der Waals surface area contributed by atoms with Gasteiger partial charge in [0.05, 0.1) is 5.92 Å². The molecule has 1 aromatic heterocycles. The first-order valence-electron chi connectivity index (χ1n) is 8.77. The summed E-state index contributed by atoms with van der Waals surface area (Å²) in [5, 5.41) is 0. The van der Waals surface area contributed by atoms with Gasteiger partial charge in [-0.2, -0.15) is 0 Å². The summed E-state index contributed by atoms with van der Waals surface area (Å²) in [6.45, 7) is 4.87. The van der Waals surface area contributed by atoms with Crippen molar-refractivity contribution in [1.82, 2.24) is 9.88 Å². The predicted molar refractivity (Wildman–Crippen MR) is 94.9 cm³/mol. The lowest BCUT2D eigenvalue weighted by Crippen LogP contribution is -2.42. The number of hydrogen-bond acceptors (Lipinski definition) is 3. The highest BCUT2D eigenvalue weighted by atomic mass is 16.2. The van der Waals surface area contributed by atoms with Gasteiger partial charge in [0.1, 0.15) is 0 Å². The highest BCUT2D eigenvalue weighted by Crippen LogP contribution is 2.33. The van der Waals surface area contributed by atoms with Gasteiger partial charge in [-0.15, -0.1) is 0 Å². The van der Waals surface area contributed by atoms with E-state index in [1.54, 1.807) is 12.4 Å². The maximum atomic E-state index is 13.3. The molecule has 4 heteroatoms. The van der Waals surface area contributed by atoms with Crippen LogP contribution in [-0.2, 0) is 11.3 Å². The van der Waals surface area contributed by atoms with Crippen molar-refractivity contribution in [3.8, 4) is 0 Å². The van der Waals surface area contributed by atoms with Gasteiger partial charge in [-0.1, -0.05) is 24.3 Å². The first-order valence-corrected chi connectivity index (χ1v) is 8.77. The third-order valence-electron chi connectivity index (χ3n) is 5.37. The third kappa shape index (κ3) is 2.71. The van der Waals surface area contributed by atoms with Crippen LogP contribution in [-0.4, -0.2) is 34.9 Å². The molecule has 1 saturated heterocycles. The van der Waals surface area contributed by atoms with Gasteiger partial charge in [-0.3, -0.25) is 14.7 Å². The average Bonchev–Trinajstić information content (AvgIpc) is 3.00. The highest BCUT2D eigenvalue weighted by molar-refractivity contribution is 5.98. The lowest BCUT2D eigenvalue weighted by Gasteiger charge is -2.28. The van der Waals surface area contributed by atoms with Gasteiger partial charge in [0, 0.05) is 37.2 Å². The molecular formula is C20H23N3O. The number of aromatic nitrogens is 1. The van der Waals surface area contributed by atoms with Crippen LogP contribution in [0.1, 0.15) is 36.8 Å². The number of carbonyl (C=O) groups is 1. The lowest BCUT2D eigenvalue weighted by molar-refractivity contribution is -0.119. The van der Waals surface area contributed by atoms with Crippen LogP contribution >= 0.6 is 0 Å². The fraction of sp³-hybridized carbons (Fsp3) is 0.400. The molecular weight excluding hydrogens is 298 g/mol. The van der Waals surface area contributed by atoms with Crippen molar-refractivity contribution in [2.24, 2.45) is 0 Å². The van der Waals surface area contributed by atoms with Crippen molar-refractivity contribution < 1.29 is 4.79 Å². The molecule has 2 atom stereocenters. The molecule has 2 aliphatic heterocycles. The van der Waals surface area contributed by atoms with E-state index in [-0.39, 0.29) is 11.8 Å². The SMILES string of the molecule is CC(C(=O)N1CC2CCCN2Cc2ccccc21)c1cccnc1. The van der Waals surface area contributed by atoms with Crippen LogP contribution in [0.15, 0.2) is 48.8 Å². The van der Waals surface area contributed by atoms with Crippen LogP contribution in [0, 0.1) is 0 Å². The zero-order valence-electron chi connectivity index (χ0n) is 14.1. The molecule has 0 radical (unpaired) electrons. The Bertz CT molecular complexity index is 731. The van der Waals surface area contributed by atoms with Gasteiger partial charge in [-0.05, 0) is 49.6 Å². The minimum absolute atomic E-state index is 0.171. The summed E-state index contributed by atoms with van der Waals surface area (Å²) in [6.07, 6.45) is 5.96. The van der Waals surface area contributed by atoms with Crippen molar-refractivity contribution in [3.63, 3.8) is 0 Å². The molecule has 4 nitrogen and oxygen atoms in total. The van der Waals surface area contributed by atoms with Crippen molar-refractivity contribution >= 4 is 11.6 Å². The standard InChI is InChI=1S/C20H23N3O/c1-15(16-7-4-10-21-12-16)20(24)23-14-18-8-5-11-22(18)13-17-6-2-3-9-19(17)23/h2-4,6-7,9-10,12,15,18H,5,8,11,13-14H2,1H3. The van der Waals surface area contributed by atoms with Crippen molar-refractivity contribution in [3.05, 3.63) is 59.9 Å². The summed E-state index contributed by atoms with van der Waals surface area (Å²) in [6, 6.07) is 12.7. The Morgan fingerprint density at radius 2 is 2.12 bits per heavy atom. The molecule has 124 valence electrons. The normalized spacial score (nSPS) is 21.7. The first kappa shape index (κ1) is 15.3. The second kappa shape index (κ2) is 6.36. The number of rotatable bonds is 2. The molecule has 2 unspecified atom stereocenters. The van der Waals surface area contributed by atoms with Crippen molar-refractivity contribution in [1.29, 1.82) is 0 Å². The molecule has 1 amide bonds. The van der Waals surface area contributed by atoms with E-state index in [0.717, 1.165) is 30.9 Å². The number of hydrogen-bond donors (Lipinski definition) is 0. The predicted octanol–water partition coefficient (Wildman–Crippen LogP) is 3.20. The van der Waals surface area contributed by atoms with E-state index in [0.29, 0.717) is 6.04 Å². The summed E-state index contributed by atoms with van der Waals surface area (Å²) in [7, 11) is 0. The molecule has 2 aromatic rings. The van der Waals surface area contributed by atoms with E-state index in [1.165, 1.54) is 18.4 Å². The quantitative estimate of drug-likeness (QED) is 0.852. The molecule has 1 aromatic carbocycles. The molecule has 1 fully saturated rings. The number of pyridine rings is 1. The van der Waals surface area contributed by atoms with Crippen LogP contribution < -0.4 is 4.90 Å². The summed E-state index contributed by atoms with van der Waals surface area (Å²) >= 11 is 0.